The Morgan fingerprint density at radius 3 is 2.64 bits per heavy atom. The molecule has 0 spiro atoms. The molecule has 2 aromatic rings. The molecule has 14 heavy (non-hydrogen) atoms. The lowest BCUT2D eigenvalue weighted by Gasteiger charge is -2.18. The van der Waals surface area contributed by atoms with Gasteiger partial charge in [-0.1, -0.05) is 45.5 Å². The minimum Gasteiger partial charge on any atom is -0.431 e. The van der Waals surface area contributed by atoms with Crippen molar-refractivity contribution >= 4 is 23.7 Å². The van der Waals surface area contributed by atoms with E-state index in [-0.39, 0.29) is 5.41 Å². The van der Waals surface area contributed by atoms with Crippen molar-refractivity contribution in [3.8, 4) is 0 Å². The van der Waals surface area contributed by atoms with Crippen LogP contribution in [0.5, 0.6) is 0 Å². The fourth-order valence-corrected chi connectivity index (χ4v) is 1.73. The van der Waals surface area contributed by atoms with E-state index in [1.54, 1.807) is 0 Å². The van der Waals surface area contributed by atoms with Gasteiger partial charge in [-0.15, -0.1) is 0 Å². The lowest BCUT2D eigenvalue weighted by atomic mass is 9.86. The number of rotatable bonds is 0. The molecule has 74 valence electrons. The summed E-state index contributed by atoms with van der Waals surface area (Å²) in [5, 5.41) is 0.428. The van der Waals surface area contributed by atoms with Crippen LogP contribution in [-0.2, 0) is 5.41 Å². The van der Waals surface area contributed by atoms with E-state index < -0.39 is 0 Å². The van der Waals surface area contributed by atoms with Gasteiger partial charge in [0.05, 0.1) is 0 Å². The summed E-state index contributed by atoms with van der Waals surface area (Å²) < 4.78 is 5.48. The van der Waals surface area contributed by atoms with Crippen molar-refractivity contribution in [2.45, 2.75) is 31.4 Å². The van der Waals surface area contributed by atoms with Crippen molar-refractivity contribution in [3.05, 3.63) is 23.8 Å². The summed E-state index contributed by atoms with van der Waals surface area (Å²) in [6.07, 6.45) is 0. The topological polar surface area (TPSA) is 26.0 Å². The molecule has 0 aliphatic heterocycles. The lowest BCUT2D eigenvalue weighted by molar-refractivity contribution is 0.479. The fraction of sp³-hybridized carbons (Fsp3) is 0.364. The van der Waals surface area contributed by atoms with E-state index in [0.29, 0.717) is 5.22 Å². The number of para-hydroxylation sites is 1. The molecular formula is C11H13NOS. The maximum atomic E-state index is 5.48. The molecule has 1 aromatic heterocycles. The zero-order valence-electron chi connectivity index (χ0n) is 8.53. The smallest absolute Gasteiger partial charge is 0.253 e. The summed E-state index contributed by atoms with van der Waals surface area (Å²) in [6, 6.07) is 6.01. The van der Waals surface area contributed by atoms with Crippen molar-refractivity contribution in [1.29, 1.82) is 0 Å². The summed E-state index contributed by atoms with van der Waals surface area (Å²) in [4.78, 5) is 4.18. The van der Waals surface area contributed by atoms with Crippen LogP contribution in [-0.4, -0.2) is 4.98 Å². The molecule has 0 N–H and O–H groups in total. The molecule has 1 aromatic carbocycles. The standard InChI is InChI=1S/C11H13NOS/c1-11(2,3)7-5-4-6-8-9(7)13-10(14)12-8/h4-6H,1-3H3,(H,12,14). The Morgan fingerprint density at radius 2 is 2.00 bits per heavy atom. The van der Waals surface area contributed by atoms with E-state index in [9.17, 15) is 0 Å². The highest BCUT2D eigenvalue weighted by atomic mass is 32.1. The molecule has 0 saturated heterocycles. The first-order valence-corrected chi connectivity index (χ1v) is 5.02. The molecule has 0 aliphatic carbocycles. The van der Waals surface area contributed by atoms with Gasteiger partial charge in [0.2, 0.25) is 0 Å². The van der Waals surface area contributed by atoms with Gasteiger partial charge in [-0.25, -0.2) is 4.98 Å². The fourth-order valence-electron chi connectivity index (χ4n) is 1.53. The molecule has 0 atom stereocenters. The molecule has 0 bridgehead atoms. The van der Waals surface area contributed by atoms with Crippen LogP contribution in [0.3, 0.4) is 0 Å². The summed E-state index contributed by atoms with van der Waals surface area (Å²) in [5.41, 5.74) is 2.97. The maximum Gasteiger partial charge on any atom is 0.253 e. The number of nitrogens with zero attached hydrogens (tertiary/aromatic N) is 1. The van der Waals surface area contributed by atoms with Gasteiger partial charge in [-0.05, 0) is 11.5 Å². The highest BCUT2D eigenvalue weighted by Gasteiger charge is 2.19. The Bertz CT molecular complexity index is 468. The minimum atomic E-state index is 0.0687. The van der Waals surface area contributed by atoms with Gasteiger partial charge in [0.1, 0.15) is 5.52 Å². The summed E-state index contributed by atoms with van der Waals surface area (Å²) in [7, 11) is 0. The molecule has 3 heteroatoms. The number of oxazole rings is 1. The van der Waals surface area contributed by atoms with Crippen molar-refractivity contribution in [1.82, 2.24) is 4.98 Å². The number of hydrogen-bond acceptors (Lipinski definition) is 3. The van der Waals surface area contributed by atoms with Crippen molar-refractivity contribution in [2.24, 2.45) is 0 Å². The van der Waals surface area contributed by atoms with Crippen LogP contribution in [0.15, 0.2) is 27.8 Å². The van der Waals surface area contributed by atoms with Crippen LogP contribution < -0.4 is 0 Å². The zero-order valence-corrected chi connectivity index (χ0v) is 9.43. The average molecular weight is 207 g/mol. The second-order valence-electron chi connectivity index (χ2n) is 4.40. The highest BCUT2D eigenvalue weighted by molar-refractivity contribution is 7.80. The number of thiol groups is 1. The average Bonchev–Trinajstić information content (AvgIpc) is 2.41. The van der Waals surface area contributed by atoms with Gasteiger partial charge < -0.3 is 4.42 Å². The van der Waals surface area contributed by atoms with Gasteiger partial charge >= 0.3 is 0 Å². The third kappa shape index (κ3) is 1.52. The second-order valence-corrected chi connectivity index (χ2v) is 4.78. The molecule has 0 saturated carbocycles. The molecule has 2 nitrogen and oxygen atoms in total. The minimum absolute atomic E-state index is 0.0687. The zero-order chi connectivity index (χ0) is 10.3. The summed E-state index contributed by atoms with van der Waals surface area (Å²) >= 11 is 4.11. The molecule has 0 radical (unpaired) electrons. The predicted molar refractivity (Wildman–Crippen MR) is 60.0 cm³/mol. The molecular weight excluding hydrogens is 194 g/mol. The summed E-state index contributed by atoms with van der Waals surface area (Å²) in [6.45, 7) is 6.47. The number of fused-ring (bicyclic) bond motifs is 1. The Labute approximate surface area is 88.7 Å². The van der Waals surface area contributed by atoms with E-state index in [2.05, 4.69) is 44.5 Å². The van der Waals surface area contributed by atoms with E-state index in [1.807, 2.05) is 12.1 Å². The Balaban J connectivity index is 2.77. The van der Waals surface area contributed by atoms with Crippen molar-refractivity contribution < 1.29 is 4.42 Å². The van der Waals surface area contributed by atoms with Crippen LogP contribution in [0, 0.1) is 0 Å². The van der Waals surface area contributed by atoms with Gasteiger partial charge in [-0.3, -0.25) is 0 Å². The van der Waals surface area contributed by atoms with Crippen LogP contribution in [0.25, 0.3) is 11.1 Å². The first-order valence-electron chi connectivity index (χ1n) is 4.57. The van der Waals surface area contributed by atoms with E-state index in [1.165, 1.54) is 5.56 Å². The number of hydrogen-bond donors (Lipinski definition) is 1. The molecule has 0 unspecified atom stereocenters. The van der Waals surface area contributed by atoms with Crippen LogP contribution in [0.1, 0.15) is 26.3 Å². The van der Waals surface area contributed by atoms with Gasteiger partial charge in [0.15, 0.2) is 5.58 Å². The van der Waals surface area contributed by atoms with Crippen LogP contribution in [0.4, 0.5) is 0 Å². The first kappa shape index (κ1) is 9.59. The van der Waals surface area contributed by atoms with Gasteiger partial charge in [0, 0.05) is 5.56 Å². The van der Waals surface area contributed by atoms with Crippen molar-refractivity contribution in [2.75, 3.05) is 0 Å². The second kappa shape index (κ2) is 3.02. The third-order valence-electron chi connectivity index (χ3n) is 2.21. The van der Waals surface area contributed by atoms with Gasteiger partial charge in [-0.2, -0.15) is 0 Å². The first-order chi connectivity index (χ1) is 6.48. The molecule has 0 amide bonds. The number of aromatic nitrogens is 1. The van der Waals surface area contributed by atoms with E-state index in [4.69, 9.17) is 4.42 Å². The Kier molecular flexibility index (Phi) is 2.07. The quantitative estimate of drug-likeness (QED) is 0.670. The monoisotopic (exact) mass is 207 g/mol. The third-order valence-corrected chi connectivity index (χ3v) is 2.40. The Hall–Kier alpha value is -0.960. The van der Waals surface area contributed by atoms with Crippen molar-refractivity contribution in [3.63, 3.8) is 0 Å². The normalized spacial score (nSPS) is 12.3. The molecule has 0 fully saturated rings. The predicted octanol–water partition coefficient (Wildman–Crippen LogP) is 3.41. The highest BCUT2D eigenvalue weighted by Crippen LogP contribution is 2.30. The van der Waals surface area contributed by atoms with Crippen LogP contribution in [0.2, 0.25) is 0 Å². The summed E-state index contributed by atoms with van der Waals surface area (Å²) in [5.74, 6) is 0. The van der Waals surface area contributed by atoms with E-state index in [0.717, 1.165) is 11.1 Å². The van der Waals surface area contributed by atoms with E-state index >= 15 is 0 Å². The Morgan fingerprint density at radius 1 is 1.29 bits per heavy atom. The molecule has 0 aliphatic rings. The lowest BCUT2D eigenvalue weighted by Crippen LogP contribution is -2.10. The van der Waals surface area contributed by atoms with Crippen LogP contribution >= 0.6 is 12.6 Å². The number of benzene rings is 1. The molecule has 2 rings (SSSR count). The maximum absolute atomic E-state index is 5.48. The SMILES string of the molecule is CC(C)(C)c1cccc2nc(S)oc12. The van der Waals surface area contributed by atoms with Gasteiger partial charge in [0.25, 0.3) is 5.22 Å². The largest absolute Gasteiger partial charge is 0.431 e. The molecule has 1 heterocycles.